The van der Waals surface area contributed by atoms with Gasteiger partial charge in [0.05, 0.1) is 5.92 Å². The number of carbonyl (C=O) groups is 2. The summed E-state index contributed by atoms with van der Waals surface area (Å²) in [7, 11) is 1.74. The maximum atomic E-state index is 12.9. The third-order valence-electron chi connectivity index (χ3n) is 4.97. The van der Waals surface area contributed by atoms with Gasteiger partial charge in [-0.1, -0.05) is 12.1 Å². The van der Waals surface area contributed by atoms with Crippen molar-refractivity contribution < 1.29 is 14.0 Å². The van der Waals surface area contributed by atoms with Crippen LogP contribution in [0, 0.1) is 11.7 Å². The molecule has 5 nitrogen and oxygen atoms in total. The summed E-state index contributed by atoms with van der Waals surface area (Å²) in [5, 5.41) is 3.10. The number of benzene rings is 1. The van der Waals surface area contributed by atoms with Crippen LogP contribution < -0.4 is 5.32 Å². The summed E-state index contributed by atoms with van der Waals surface area (Å²) in [6.45, 7) is 3.15. The SMILES string of the molecule is CN1C[C@H](C(=O)NC2CCN(Cc3ccc(F)cc3)CC2)CC1=O. The quantitative estimate of drug-likeness (QED) is 0.906. The molecule has 0 aromatic heterocycles. The minimum Gasteiger partial charge on any atom is -0.353 e. The zero-order chi connectivity index (χ0) is 17.1. The van der Waals surface area contributed by atoms with Crippen molar-refractivity contribution >= 4 is 11.8 Å². The Bertz CT molecular complexity index is 597. The lowest BCUT2D eigenvalue weighted by Crippen LogP contribution is -2.46. The summed E-state index contributed by atoms with van der Waals surface area (Å²) in [6.07, 6.45) is 2.14. The first-order chi connectivity index (χ1) is 11.5. The number of carbonyl (C=O) groups excluding carboxylic acids is 2. The summed E-state index contributed by atoms with van der Waals surface area (Å²) in [5.74, 6) is -0.370. The van der Waals surface area contributed by atoms with E-state index in [-0.39, 0.29) is 29.6 Å². The molecule has 2 fully saturated rings. The maximum Gasteiger partial charge on any atom is 0.225 e. The Labute approximate surface area is 141 Å². The zero-order valence-electron chi connectivity index (χ0n) is 14.0. The summed E-state index contributed by atoms with van der Waals surface area (Å²) in [5.41, 5.74) is 1.10. The minimum atomic E-state index is -0.212. The van der Waals surface area contributed by atoms with Gasteiger partial charge >= 0.3 is 0 Å². The van der Waals surface area contributed by atoms with Crippen LogP contribution in [0.2, 0.25) is 0 Å². The number of hydrogen-bond acceptors (Lipinski definition) is 3. The van der Waals surface area contributed by atoms with Crippen LogP contribution in [0.1, 0.15) is 24.8 Å². The molecule has 0 spiro atoms. The molecule has 6 heteroatoms. The molecule has 1 aromatic rings. The monoisotopic (exact) mass is 333 g/mol. The normalized spacial score (nSPS) is 22.8. The van der Waals surface area contributed by atoms with Gasteiger partial charge in [0.25, 0.3) is 0 Å². The van der Waals surface area contributed by atoms with Crippen LogP contribution in [0.5, 0.6) is 0 Å². The molecule has 24 heavy (non-hydrogen) atoms. The van der Waals surface area contributed by atoms with E-state index in [1.807, 2.05) is 12.1 Å². The fraction of sp³-hybridized carbons (Fsp3) is 0.556. The smallest absolute Gasteiger partial charge is 0.225 e. The van der Waals surface area contributed by atoms with E-state index < -0.39 is 0 Å². The van der Waals surface area contributed by atoms with Gasteiger partial charge in [0, 0.05) is 45.7 Å². The van der Waals surface area contributed by atoms with Crippen molar-refractivity contribution in [2.45, 2.75) is 31.8 Å². The van der Waals surface area contributed by atoms with E-state index in [1.54, 1.807) is 11.9 Å². The Morgan fingerprint density at radius 2 is 1.92 bits per heavy atom. The lowest BCUT2D eigenvalue weighted by molar-refractivity contribution is -0.128. The molecule has 2 saturated heterocycles. The van der Waals surface area contributed by atoms with Gasteiger partial charge < -0.3 is 10.2 Å². The number of nitrogens with zero attached hydrogens (tertiary/aromatic N) is 2. The lowest BCUT2D eigenvalue weighted by atomic mass is 10.0. The molecule has 0 bridgehead atoms. The van der Waals surface area contributed by atoms with Crippen molar-refractivity contribution in [3.05, 3.63) is 35.6 Å². The molecular weight excluding hydrogens is 309 g/mol. The van der Waals surface area contributed by atoms with Gasteiger partial charge in [0.15, 0.2) is 0 Å². The predicted octanol–water partition coefficient (Wildman–Crippen LogP) is 1.38. The first-order valence-electron chi connectivity index (χ1n) is 8.52. The summed E-state index contributed by atoms with van der Waals surface area (Å²) in [6, 6.07) is 6.79. The van der Waals surface area contributed by atoms with Gasteiger partial charge in [-0.2, -0.15) is 0 Å². The highest BCUT2D eigenvalue weighted by Gasteiger charge is 2.33. The summed E-state index contributed by atoms with van der Waals surface area (Å²) < 4.78 is 12.9. The molecule has 1 aromatic carbocycles. The summed E-state index contributed by atoms with van der Waals surface area (Å²) in [4.78, 5) is 27.7. The fourth-order valence-electron chi connectivity index (χ4n) is 3.44. The molecule has 3 rings (SSSR count). The number of hydrogen-bond donors (Lipinski definition) is 1. The van der Waals surface area contributed by atoms with Crippen LogP contribution in [0.25, 0.3) is 0 Å². The van der Waals surface area contributed by atoms with E-state index in [2.05, 4.69) is 10.2 Å². The van der Waals surface area contributed by atoms with Gasteiger partial charge in [0.1, 0.15) is 5.82 Å². The number of piperidine rings is 1. The molecule has 1 N–H and O–H groups in total. The summed E-state index contributed by atoms with van der Waals surface area (Å²) >= 11 is 0. The van der Waals surface area contributed by atoms with Crippen molar-refractivity contribution in [3.63, 3.8) is 0 Å². The predicted molar refractivity (Wildman–Crippen MR) is 88.6 cm³/mol. The van der Waals surface area contributed by atoms with Gasteiger partial charge in [-0.05, 0) is 30.5 Å². The molecule has 0 saturated carbocycles. The molecule has 0 aliphatic carbocycles. The average molecular weight is 333 g/mol. The Morgan fingerprint density at radius 1 is 1.25 bits per heavy atom. The van der Waals surface area contributed by atoms with Crippen LogP contribution in [-0.2, 0) is 16.1 Å². The molecule has 130 valence electrons. The molecular formula is C18H24FN3O2. The van der Waals surface area contributed by atoms with E-state index in [0.29, 0.717) is 13.0 Å². The van der Waals surface area contributed by atoms with Crippen LogP contribution in [0.15, 0.2) is 24.3 Å². The van der Waals surface area contributed by atoms with Crippen molar-refractivity contribution in [1.29, 1.82) is 0 Å². The largest absolute Gasteiger partial charge is 0.353 e. The van der Waals surface area contributed by atoms with Crippen molar-refractivity contribution in [2.24, 2.45) is 5.92 Å². The van der Waals surface area contributed by atoms with Gasteiger partial charge in [-0.3, -0.25) is 14.5 Å². The van der Waals surface area contributed by atoms with Gasteiger partial charge in [-0.25, -0.2) is 4.39 Å². The number of rotatable bonds is 4. The molecule has 2 aliphatic heterocycles. The third-order valence-corrected chi connectivity index (χ3v) is 4.97. The van der Waals surface area contributed by atoms with Crippen molar-refractivity contribution in [2.75, 3.05) is 26.7 Å². The number of nitrogens with one attached hydrogen (secondary N) is 1. The minimum absolute atomic E-state index is 0.00434. The van der Waals surface area contributed by atoms with Crippen LogP contribution in [-0.4, -0.2) is 54.3 Å². The van der Waals surface area contributed by atoms with Gasteiger partial charge in [0.2, 0.25) is 11.8 Å². The molecule has 2 aliphatic rings. The molecule has 1 atom stereocenters. The average Bonchev–Trinajstić information content (AvgIpc) is 2.91. The van der Waals surface area contributed by atoms with E-state index in [1.165, 1.54) is 12.1 Å². The molecule has 0 radical (unpaired) electrons. The Morgan fingerprint density at radius 3 is 2.50 bits per heavy atom. The second-order valence-corrected chi connectivity index (χ2v) is 6.86. The molecule has 0 unspecified atom stereocenters. The Balaban J connectivity index is 1.43. The fourth-order valence-corrected chi connectivity index (χ4v) is 3.44. The number of halogens is 1. The number of likely N-dealkylation sites (tertiary alicyclic amines) is 2. The van der Waals surface area contributed by atoms with Crippen molar-refractivity contribution in [3.8, 4) is 0 Å². The van der Waals surface area contributed by atoms with Crippen molar-refractivity contribution in [1.82, 2.24) is 15.1 Å². The lowest BCUT2D eigenvalue weighted by Gasteiger charge is -2.32. The maximum absolute atomic E-state index is 12.9. The highest BCUT2D eigenvalue weighted by molar-refractivity contribution is 5.89. The van der Waals surface area contributed by atoms with Gasteiger partial charge in [-0.15, -0.1) is 0 Å². The van der Waals surface area contributed by atoms with E-state index in [9.17, 15) is 14.0 Å². The number of amides is 2. The second kappa shape index (κ2) is 7.30. The topological polar surface area (TPSA) is 52.7 Å². The second-order valence-electron chi connectivity index (χ2n) is 6.86. The first-order valence-corrected chi connectivity index (χ1v) is 8.52. The van der Waals surface area contributed by atoms with E-state index >= 15 is 0 Å². The van der Waals surface area contributed by atoms with Crippen LogP contribution in [0.4, 0.5) is 4.39 Å². The molecule has 2 heterocycles. The van der Waals surface area contributed by atoms with E-state index in [0.717, 1.165) is 38.0 Å². The Kier molecular flexibility index (Phi) is 5.14. The molecule has 2 amide bonds. The Hall–Kier alpha value is -1.95. The van der Waals surface area contributed by atoms with Crippen LogP contribution >= 0.6 is 0 Å². The zero-order valence-corrected chi connectivity index (χ0v) is 14.0. The van der Waals surface area contributed by atoms with Crippen LogP contribution in [0.3, 0.4) is 0 Å². The van der Waals surface area contributed by atoms with E-state index in [4.69, 9.17) is 0 Å². The highest BCUT2D eigenvalue weighted by atomic mass is 19.1. The third kappa shape index (κ3) is 4.12. The first kappa shape index (κ1) is 16.9. The standard InChI is InChI=1S/C18H24FN3O2/c1-21-12-14(10-17(21)23)18(24)20-16-6-8-22(9-7-16)11-13-2-4-15(19)5-3-13/h2-5,14,16H,6-12H2,1H3,(H,20,24)/t14-/m1/s1. The highest BCUT2D eigenvalue weighted by Crippen LogP contribution is 2.18.